The molecule has 0 fully saturated rings. The van der Waals surface area contributed by atoms with Crippen LogP contribution in [-0.4, -0.2) is 42.0 Å². The number of nitrogens with zero attached hydrogens (tertiary/aromatic N) is 1. The minimum atomic E-state index is -0.610. The summed E-state index contributed by atoms with van der Waals surface area (Å²) in [7, 11) is 1.61. The van der Waals surface area contributed by atoms with Crippen LogP contribution in [0.5, 0.6) is 11.5 Å². The highest BCUT2D eigenvalue weighted by molar-refractivity contribution is 5.88. The molecule has 2 rings (SSSR count). The lowest BCUT2D eigenvalue weighted by atomic mass is 9.87. The van der Waals surface area contributed by atoms with Crippen LogP contribution in [0.4, 0.5) is 0 Å². The smallest absolute Gasteiger partial charge is 0.261 e. The molecule has 1 N–H and O–H groups in total. The van der Waals surface area contributed by atoms with Crippen molar-refractivity contribution in [3.05, 3.63) is 59.7 Å². The van der Waals surface area contributed by atoms with Crippen molar-refractivity contribution < 1.29 is 19.1 Å². The summed E-state index contributed by atoms with van der Waals surface area (Å²) in [6, 6.07) is 14.7. The Morgan fingerprint density at radius 1 is 0.912 bits per heavy atom. The van der Waals surface area contributed by atoms with Crippen LogP contribution in [0.1, 0.15) is 66.0 Å². The van der Waals surface area contributed by atoms with Gasteiger partial charge in [0.25, 0.3) is 5.91 Å². The monoisotopic (exact) mass is 468 g/mol. The van der Waals surface area contributed by atoms with Gasteiger partial charge in [0.1, 0.15) is 17.5 Å². The van der Waals surface area contributed by atoms with Crippen molar-refractivity contribution in [3.8, 4) is 11.5 Å². The highest BCUT2D eigenvalue weighted by atomic mass is 16.5. The summed E-state index contributed by atoms with van der Waals surface area (Å²) in [5.41, 5.74) is 1.74. The van der Waals surface area contributed by atoms with E-state index < -0.39 is 11.6 Å². The number of rotatable bonds is 9. The first-order valence-electron chi connectivity index (χ1n) is 11.8. The molecule has 186 valence electrons. The maximum absolute atomic E-state index is 13.3. The molecular weight excluding hydrogens is 428 g/mol. The maximum atomic E-state index is 13.3. The fourth-order valence-electron chi connectivity index (χ4n) is 3.58. The molecule has 0 saturated heterocycles. The number of hydrogen-bond donors (Lipinski definition) is 1. The largest absolute Gasteiger partial charge is 0.497 e. The highest BCUT2D eigenvalue weighted by Gasteiger charge is 2.31. The standard InChI is InChI=1S/C28H40N2O4/c1-9-24(26(32)29-28(5,6)7)30(18-20-10-14-22(33-8)15-11-20)25(31)19-34-23-16-12-21(13-17-23)27(2,3)4/h10-17,24H,9,18-19H2,1-8H3,(H,29,32)/t24-/m0/s1. The van der Waals surface area contributed by atoms with Crippen molar-refractivity contribution >= 4 is 11.8 Å². The minimum Gasteiger partial charge on any atom is -0.497 e. The number of carbonyl (C=O) groups is 2. The zero-order valence-corrected chi connectivity index (χ0v) is 21.9. The lowest BCUT2D eigenvalue weighted by Gasteiger charge is -2.33. The predicted molar refractivity (Wildman–Crippen MR) is 136 cm³/mol. The summed E-state index contributed by atoms with van der Waals surface area (Å²) in [6.07, 6.45) is 0.490. The van der Waals surface area contributed by atoms with Gasteiger partial charge in [0.2, 0.25) is 5.91 Å². The van der Waals surface area contributed by atoms with E-state index in [1.54, 1.807) is 12.0 Å². The van der Waals surface area contributed by atoms with Crippen LogP contribution < -0.4 is 14.8 Å². The molecule has 0 aliphatic rings. The summed E-state index contributed by atoms with van der Waals surface area (Å²) in [5, 5.41) is 3.01. The highest BCUT2D eigenvalue weighted by Crippen LogP contribution is 2.24. The van der Waals surface area contributed by atoms with Crippen molar-refractivity contribution in [1.29, 1.82) is 0 Å². The van der Waals surface area contributed by atoms with Gasteiger partial charge in [0, 0.05) is 12.1 Å². The topological polar surface area (TPSA) is 67.9 Å². The van der Waals surface area contributed by atoms with E-state index in [-0.39, 0.29) is 23.8 Å². The zero-order valence-electron chi connectivity index (χ0n) is 21.9. The van der Waals surface area contributed by atoms with Crippen LogP contribution in [0, 0.1) is 0 Å². The molecule has 0 bridgehead atoms. The first-order valence-corrected chi connectivity index (χ1v) is 11.8. The van der Waals surface area contributed by atoms with Gasteiger partial charge in [-0.15, -0.1) is 0 Å². The number of carbonyl (C=O) groups excluding carboxylic acids is 2. The summed E-state index contributed by atoms with van der Waals surface area (Å²) >= 11 is 0. The van der Waals surface area contributed by atoms with Gasteiger partial charge in [0.05, 0.1) is 7.11 Å². The van der Waals surface area contributed by atoms with Crippen molar-refractivity contribution in [2.24, 2.45) is 0 Å². The van der Waals surface area contributed by atoms with Gasteiger partial charge in [-0.1, -0.05) is 52.0 Å². The molecule has 0 heterocycles. The van der Waals surface area contributed by atoms with E-state index >= 15 is 0 Å². The van der Waals surface area contributed by atoms with E-state index in [1.165, 1.54) is 5.56 Å². The molecule has 0 aliphatic heterocycles. The molecule has 2 amide bonds. The predicted octanol–water partition coefficient (Wildman–Crippen LogP) is 5.09. The maximum Gasteiger partial charge on any atom is 0.261 e. The van der Waals surface area contributed by atoms with Gasteiger partial charge in [-0.25, -0.2) is 0 Å². The molecule has 1 atom stereocenters. The second-order valence-corrected chi connectivity index (χ2v) is 10.6. The Bertz CT molecular complexity index is 938. The van der Waals surface area contributed by atoms with Gasteiger partial charge < -0.3 is 19.7 Å². The SMILES string of the molecule is CC[C@@H](C(=O)NC(C)(C)C)N(Cc1ccc(OC)cc1)C(=O)COc1ccc(C(C)(C)C)cc1. The molecule has 0 spiro atoms. The average Bonchev–Trinajstić information content (AvgIpc) is 2.76. The molecule has 0 saturated carbocycles. The average molecular weight is 469 g/mol. The van der Waals surface area contributed by atoms with Crippen LogP contribution in [0.15, 0.2) is 48.5 Å². The molecule has 34 heavy (non-hydrogen) atoms. The van der Waals surface area contributed by atoms with Gasteiger partial charge >= 0.3 is 0 Å². The fraction of sp³-hybridized carbons (Fsp3) is 0.500. The Morgan fingerprint density at radius 3 is 1.94 bits per heavy atom. The van der Waals surface area contributed by atoms with E-state index in [4.69, 9.17) is 9.47 Å². The summed E-state index contributed by atoms with van der Waals surface area (Å²) in [6.45, 7) is 14.3. The first kappa shape index (κ1) is 27.2. The Kier molecular flexibility index (Phi) is 9.14. The molecule has 0 unspecified atom stereocenters. The lowest BCUT2D eigenvalue weighted by Crippen LogP contribution is -2.54. The second kappa shape index (κ2) is 11.4. The number of methoxy groups -OCH3 is 1. The Labute approximate surface area is 204 Å². The van der Waals surface area contributed by atoms with E-state index in [2.05, 4.69) is 26.1 Å². The fourth-order valence-corrected chi connectivity index (χ4v) is 3.58. The lowest BCUT2D eigenvalue weighted by molar-refractivity contribution is -0.143. The summed E-state index contributed by atoms with van der Waals surface area (Å²) in [4.78, 5) is 28.0. The Hall–Kier alpha value is -3.02. The molecule has 6 nitrogen and oxygen atoms in total. The normalized spacial score (nSPS) is 12.6. The van der Waals surface area contributed by atoms with E-state index in [0.717, 1.165) is 11.3 Å². The van der Waals surface area contributed by atoms with Gasteiger partial charge in [-0.05, 0) is 68.0 Å². The summed E-state index contributed by atoms with van der Waals surface area (Å²) < 4.78 is 11.1. The van der Waals surface area contributed by atoms with Crippen molar-refractivity contribution in [2.75, 3.05) is 13.7 Å². The van der Waals surface area contributed by atoms with Crippen LogP contribution in [0.2, 0.25) is 0 Å². The Morgan fingerprint density at radius 2 is 1.47 bits per heavy atom. The first-order chi connectivity index (χ1) is 15.8. The van der Waals surface area contributed by atoms with Crippen LogP contribution in [0.25, 0.3) is 0 Å². The number of nitrogens with one attached hydrogen (secondary N) is 1. The summed E-state index contributed by atoms with van der Waals surface area (Å²) in [5.74, 6) is 0.942. The van der Waals surface area contributed by atoms with Gasteiger partial charge in [0.15, 0.2) is 6.61 Å². The second-order valence-electron chi connectivity index (χ2n) is 10.6. The molecule has 0 radical (unpaired) electrons. The molecule has 6 heteroatoms. The molecular formula is C28H40N2O4. The Balaban J connectivity index is 2.22. The number of hydrogen-bond acceptors (Lipinski definition) is 4. The van der Waals surface area contributed by atoms with Crippen LogP contribution in [0.3, 0.4) is 0 Å². The number of amides is 2. The quantitative estimate of drug-likeness (QED) is 0.556. The van der Waals surface area contributed by atoms with E-state index in [0.29, 0.717) is 18.7 Å². The van der Waals surface area contributed by atoms with Crippen LogP contribution in [-0.2, 0) is 21.5 Å². The van der Waals surface area contributed by atoms with Crippen molar-refractivity contribution in [1.82, 2.24) is 10.2 Å². The minimum absolute atomic E-state index is 0.0400. The number of benzene rings is 2. The number of ether oxygens (including phenoxy) is 2. The molecule has 0 aromatic heterocycles. The molecule has 2 aromatic rings. The molecule has 2 aromatic carbocycles. The third kappa shape index (κ3) is 8.08. The third-order valence-electron chi connectivity index (χ3n) is 5.48. The van der Waals surface area contributed by atoms with Crippen LogP contribution >= 0.6 is 0 Å². The van der Waals surface area contributed by atoms with Gasteiger partial charge in [-0.3, -0.25) is 9.59 Å². The zero-order chi connectivity index (χ0) is 25.5. The van der Waals surface area contributed by atoms with Gasteiger partial charge in [-0.2, -0.15) is 0 Å². The third-order valence-corrected chi connectivity index (χ3v) is 5.48. The van der Waals surface area contributed by atoms with E-state index in [9.17, 15) is 9.59 Å². The molecule has 0 aliphatic carbocycles. The van der Waals surface area contributed by atoms with E-state index in [1.807, 2.05) is 76.2 Å². The van der Waals surface area contributed by atoms with Crippen molar-refractivity contribution in [3.63, 3.8) is 0 Å². The van der Waals surface area contributed by atoms with Crippen molar-refractivity contribution in [2.45, 2.75) is 78.4 Å².